The summed E-state index contributed by atoms with van der Waals surface area (Å²) in [5.74, 6) is 1.19. The summed E-state index contributed by atoms with van der Waals surface area (Å²) in [4.78, 5) is 14.5. The zero-order valence-corrected chi connectivity index (χ0v) is 24.0. The van der Waals surface area contributed by atoms with Gasteiger partial charge in [-0.05, 0) is 57.6 Å². The molecule has 0 atom stereocenters. The number of aryl methyl sites for hydroxylation is 1. The van der Waals surface area contributed by atoms with Crippen LogP contribution in [0.25, 0.3) is 11.2 Å². The Labute approximate surface area is 236 Å². The average Bonchev–Trinajstić information content (AvgIpc) is 3.53. The Bertz CT molecular complexity index is 1290. The van der Waals surface area contributed by atoms with E-state index in [9.17, 15) is 8.42 Å². The lowest BCUT2D eigenvalue weighted by Gasteiger charge is -2.27. The summed E-state index contributed by atoms with van der Waals surface area (Å²) in [7, 11) is -3.58. The van der Waals surface area contributed by atoms with Gasteiger partial charge >= 0.3 is 0 Å². The van der Waals surface area contributed by atoms with Crippen LogP contribution in [-0.4, -0.2) is 53.1 Å². The highest BCUT2D eigenvalue weighted by Crippen LogP contribution is 2.33. The summed E-state index contributed by atoms with van der Waals surface area (Å²) in [6, 6.07) is 7.78. The van der Waals surface area contributed by atoms with Crippen LogP contribution in [0.2, 0.25) is 0 Å². The van der Waals surface area contributed by atoms with Gasteiger partial charge in [0.1, 0.15) is 0 Å². The third-order valence-corrected chi connectivity index (χ3v) is 8.76. The summed E-state index contributed by atoms with van der Waals surface area (Å²) < 4.78 is 30.1. The van der Waals surface area contributed by atoms with Crippen LogP contribution in [0.1, 0.15) is 63.0 Å². The van der Waals surface area contributed by atoms with Gasteiger partial charge in [-0.2, -0.15) is 9.97 Å². The highest BCUT2D eigenvalue weighted by Gasteiger charge is 2.24. The van der Waals surface area contributed by atoms with Gasteiger partial charge in [-0.1, -0.05) is 30.5 Å². The lowest BCUT2D eigenvalue weighted by atomic mass is 9.92. The quantitative estimate of drug-likeness (QED) is 0.275. The molecule has 10 nitrogen and oxygen atoms in total. The van der Waals surface area contributed by atoms with E-state index in [4.69, 9.17) is 15.7 Å². The lowest BCUT2D eigenvalue weighted by Crippen LogP contribution is -2.33. The minimum absolute atomic E-state index is 0. The molecule has 1 aromatic carbocycles. The second-order valence-electron chi connectivity index (χ2n) is 10.1. The molecule has 2 aliphatic carbocycles. The molecule has 210 valence electrons. The Hall–Kier alpha value is -2.18. The van der Waals surface area contributed by atoms with Crippen molar-refractivity contribution in [2.75, 3.05) is 23.7 Å². The molecule has 0 saturated heterocycles. The van der Waals surface area contributed by atoms with Crippen molar-refractivity contribution in [2.24, 2.45) is 5.73 Å². The molecule has 2 aromatic heterocycles. The number of nitrogens with two attached hydrogens (primary N) is 1. The third-order valence-electron chi connectivity index (χ3n) is 7.29. The minimum atomic E-state index is -3.58. The molecule has 3 aromatic rings. The van der Waals surface area contributed by atoms with Crippen molar-refractivity contribution in [2.45, 2.75) is 81.3 Å². The fourth-order valence-corrected chi connectivity index (χ4v) is 6.20. The first kappa shape index (κ1) is 30.4. The predicted octanol–water partition coefficient (Wildman–Crippen LogP) is 4.17. The standard InChI is InChI=1S/C25H36N8O2S.2ClH/c1-17-6-12-21(13-7-17)36(34,35)29-15-14-27-23-22-24(33(16-28-22)20-4-2-3-5-20)32-25(31-23)30-19-10-8-18(26)9-11-19;;/h6-7,12-13,16,18-20,29H,2-5,8-11,14-15,26H2,1H3,(H2,27,30,31,32);2*1H. The number of nitrogens with one attached hydrogen (secondary N) is 3. The molecule has 0 aliphatic heterocycles. The summed E-state index contributed by atoms with van der Waals surface area (Å²) >= 11 is 0. The number of halogens is 2. The molecule has 2 saturated carbocycles. The van der Waals surface area contributed by atoms with Gasteiger partial charge in [0.2, 0.25) is 16.0 Å². The number of benzene rings is 1. The Balaban J connectivity index is 0.00000200. The van der Waals surface area contributed by atoms with Crippen LogP contribution in [0.5, 0.6) is 0 Å². The monoisotopic (exact) mass is 584 g/mol. The average molecular weight is 586 g/mol. The SMILES string of the molecule is Cc1ccc(S(=O)(=O)NCCNc2nc(NC3CCC(N)CC3)nc3c2ncn3C2CCCC2)cc1.Cl.Cl. The molecule has 5 rings (SSSR count). The molecule has 0 bridgehead atoms. The number of anilines is 2. The van der Waals surface area contributed by atoms with Crippen molar-refractivity contribution in [3.63, 3.8) is 0 Å². The van der Waals surface area contributed by atoms with Crippen LogP contribution in [0.4, 0.5) is 11.8 Å². The zero-order valence-electron chi connectivity index (χ0n) is 21.6. The number of hydrogen-bond donors (Lipinski definition) is 4. The van der Waals surface area contributed by atoms with Gasteiger partial charge in [-0.3, -0.25) is 0 Å². The number of aromatic nitrogens is 4. The van der Waals surface area contributed by atoms with Gasteiger partial charge in [-0.25, -0.2) is 18.1 Å². The molecule has 2 aliphatic rings. The zero-order chi connectivity index (χ0) is 25.1. The van der Waals surface area contributed by atoms with Crippen molar-refractivity contribution in [1.82, 2.24) is 24.2 Å². The van der Waals surface area contributed by atoms with Crippen LogP contribution in [0, 0.1) is 6.92 Å². The predicted molar refractivity (Wildman–Crippen MR) is 156 cm³/mol. The second kappa shape index (κ2) is 13.3. The van der Waals surface area contributed by atoms with E-state index in [2.05, 4.69) is 24.9 Å². The number of sulfonamides is 1. The summed E-state index contributed by atoms with van der Waals surface area (Å²) in [6.45, 7) is 2.51. The largest absolute Gasteiger partial charge is 0.367 e. The van der Waals surface area contributed by atoms with Gasteiger partial charge < -0.3 is 20.9 Å². The number of fused-ring (bicyclic) bond motifs is 1. The molecule has 13 heteroatoms. The maximum atomic E-state index is 12.6. The van der Waals surface area contributed by atoms with Gasteiger partial charge in [0, 0.05) is 31.2 Å². The van der Waals surface area contributed by atoms with Crippen LogP contribution in [0.15, 0.2) is 35.5 Å². The fourth-order valence-electron chi connectivity index (χ4n) is 5.17. The Morgan fingerprint density at radius 2 is 1.66 bits per heavy atom. The van der Waals surface area contributed by atoms with Crippen LogP contribution < -0.4 is 21.1 Å². The first-order valence-corrected chi connectivity index (χ1v) is 14.4. The van der Waals surface area contributed by atoms with E-state index < -0.39 is 10.0 Å². The normalized spacial score (nSPS) is 20.1. The molecule has 2 fully saturated rings. The molecular formula is C25H38Cl2N8O2S. The van der Waals surface area contributed by atoms with E-state index >= 15 is 0 Å². The molecule has 2 heterocycles. The van der Waals surface area contributed by atoms with E-state index in [0.717, 1.165) is 49.7 Å². The van der Waals surface area contributed by atoms with E-state index in [0.29, 0.717) is 35.9 Å². The smallest absolute Gasteiger partial charge is 0.240 e. The summed E-state index contributed by atoms with van der Waals surface area (Å²) in [5.41, 5.74) is 8.61. The Morgan fingerprint density at radius 3 is 2.34 bits per heavy atom. The lowest BCUT2D eigenvalue weighted by molar-refractivity contribution is 0.410. The molecule has 5 N–H and O–H groups in total. The van der Waals surface area contributed by atoms with E-state index in [-0.39, 0.29) is 42.3 Å². The van der Waals surface area contributed by atoms with E-state index in [1.807, 2.05) is 13.3 Å². The number of nitrogens with zero attached hydrogens (tertiary/aromatic N) is 4. The Morgan fingerprint density at radius 1 is 0.974 bits per heavy atom. The number of rotatable bonds is 9. The third kappa shape index (κ3) is 7.06. The topological polar surface area (TPSA) is 140 Å². The van der Waals surface area contributed by atoms with Crippen molar-refractivity contribution in [1.29, 1.82) is 0 Å². The van der Waals surface area contributed by atoms with Gasteiger partial charge in [0.15, 0.2) is 17.0 Å². The number of imidazole rings is 1. The van der Waals surface area contributed by atoms with Gasteiger partial charge in [-0.15, -0.1) is 24.8 Å². The number of hydrogen-bond acceptors (Lipinski definition) is 8. The first-order valence-electron chi connectivity index (χ1n) is 13.0. The summed E-state index contributed by atoms with van der Waals surface area (Å²) in [6.07, 6.45) is 10.5. The molecular weight excluding hydrogens is 547 g/mol. The highest BCUT2D eigenvalue weighted by molar-refractivity contribution is 7.89. The highest BCUT2D eigenvalue weighted by atomic mass is 35.5. The van der Waals surface area contributed by atoms with Crippen LogP contribution in [0.3, 0.4) is 0 Å². The molecule has 0 unspecified atom stereocenters. The van der Waals surface area contributed by atoms with Crippen LogP contribution in [-0.2, 0) is 10.0 Å². The second-order valence-corrected chi connectivity index (χ2v) is 11.8. The van der Waals surface area contributed by atoms with Crippen molar-refractivity contribution in [3.8, 4) is 0 Å². The van der Waals surface area contributed by atoms with Crippen LogP contribution >= 0.6 is 24.8 Å². The first-order chi connectivity index (χ1) is 17.4. The van der Waals surface area contributed by atoms with Gasteiger partial charge in [0.25, 0.3) is 0 Å². The van der Waals surface area contributed by atoms with Gasteiger partial charge in [0.05, 0.1) is 11.2 Å². The fraction of sp³-hybridized carbons (Fsp3) is 0.560. The van der Waals surface area contributed by atoms with Crippen molar-refractivity contribution < 1.29 is 8.42 Å². The molecule has 38 heavy (non-hydrogen) atoms. The van der Waals surface area contributed by atoms with E-state index in [1.54, 1.807) is 24.3 Å². The molecule has 0 spiro atoms. The minimum Gasteiger partial charge on any atom is -0.367 e. The molecule has 0 amide bonds. The maximum Gasteiger partial charge on any atom is 0.240 e. The Kier molecular flexibility index (Phi) is 10.6. The van der Waals surface area contributed by atoms with Crippen molar-refractivity contribution in [3.05, 3.63) is 36.2 Å². The maximum absolute atomic E-state index is 12.6. The van der Waals surface area contributed by atoms with Crippen molar-refractivity contribution >= 4 is 57.8 Å². The van der Waals surface area contributed by atoms with E-state index in [1.165, 1.54) is 12.8 Å². The summed E-state index contributed by atoms with van der Waals surface area (Å²) in [5, 5.41) is 6.81. The molecule has 0 radical (unpaired) electrons.